The van der Waals surface area contributed by atoms with Crippen molar-refractivity contribution in [2.24, 2.45) is 0 Å². The summed E-state index contributed by atoms with van der Waals surface area (Å²) in [5, 5.41) is 0. The van der Waals surface area contributed by atoms with Crippen molar-refractivity contribution in [3.05, 3.63) is 65.7 Å². The Labute approximate surface area is 173 Å². The van der Waals surface area contributed by atoms with Crippen molar-refractivity contribution < 1.29 is 14.3 Å². The van der Waals surface area contributed by atoms with Crippen LogP contribution in [0.4, 0.5) is 0 Å². The van der Waals surface area contributed by atoms with Crippen LogP contribution >= 0.6 is 0 Å². The highest BCUT2D eigenvalue weighted by molar-refractivity contribution is 5.94. The molecule has 3 rings (SSSR count). The van der Waals surface area contributed by atoms with Crippen LogP contribution in [0.3, 0.4) is 0 Å². The highest BCUT2D eigenvalue weighted by Crippen LogP contribution is 2.17. The number of benzene rings is 2. The molecule has 1 aliphatic rings. The average molecular weight is 395 g/mol. The molecule has 0 N–H and O–H groups in total. The van der Waals surface area contributed by atoms with Crippen LogP contribution in [0.25, 0.3) is 0 Å². The Morgan fingerprint density at radius 3 is 2.52 bits per heavy atom. The molecule has 5 nitrogen and oxygen atoms in total. The molecule has 0 spiro atoms. The second-order valence-electron chi connectivity index (χ2n) is 7.72. The lowest BCUT2D eigenvalue weighted by atomic mass is 10.0. The minimum absolute atomic E-state index is 0.0156. The number of rotatable bonds is 8. The molecule has 1 unspecified atom stereocenters. The van der Waals surface area contributed by atoms with Gasteiger partial charge in [-0.05, 0) is 63.1 Å². The summed E-state index contributed by atoms with van der Waals surface area (Å²) in [6.45, 7) is 4.07. The molecule has 1 heterocycles. The van der Waals surface area contributed by atoms with E-state index in [1.165, 1.54) is 12.5 Å². The van der Waals surface area contributed by atoms with Gasteiger partial charge in [-0.25, -0.2) is 0 Å². The summed E-state index contributed by atoms with van der Waals surface area (Å²) < 4.78 is 5.64. The maximum atomic E-state index is 12.6. The standard InChI is InChI=1S/C24H30N2O3/c1-19(27)21-10-12-23(13-11-21)29-18-24(28)26-15-6-9-22(17-26)25(2)16-14-20-7-4-3-5-8-20/h3-5,7-8,10-13,22H,6,9,14-18H2,1-2H3. The lowest BCUT2D eigenvalue weighted by Gasteiger charge is -2.37. The fourth-order valence-corrected chi connectivity index (χ4v) is 3.70. The van der Waals surface area contributed by atoms with E-state index in [9.17, 15) is 9.59 Å². The summed E-state index contributed by atoms with van der Waals surface area (Å²) in [5.41, 5.74) is 1.98. The molecule has 1 atom stereocenters. The summed E-state index contributed by atoms with van der Waals surface area (Å²) in [5.74, 6) is 0.641. The number of nitrogens with zero attached hydrogens (tertiary/aromatic N) is 2. The second-order valence-corrected chi connectivity index (χ2v) is 7.72. The molecule has 0 bridgehead atoms. The van der Waals surface area contributed by atoms with E-state index in [-0.39, 0.29) is 18.3 Å². The Bertz CT molecular complexity index is 805. The Kier molecular flexibility index (Phi) is 7.42. The van der Waals surface area contributed by atoms with Crippen LogP contribution in [-0.2, 0) is 11.2 Å². The number of likely N-dealkylation sites (N-methyl/N-ethyl adjacent to an activating group) is 1. The number of Topliss-reactive ketones (excluding diaryl/α,β-unsaturated/α-hetero) is 1. The van der Waals surface area contributed by atoms with Gasteiger partial charge in [0, 0.05) is 31.2 Å². The van der Waals surface area contributed by atoms with Crippen LogP contribution in [0.1, 0.15) is 35.7 Å². The molecule has 2 aromatic rings. The van der Waals surface area contributed by atoms with Crippen molar-refractivity contribution in [1.82, 2.24) is 9.80 Å². The zero-order valence-electron chi connectivity index (χ0n) is 17.3. The lowest BCUT2D eigenvalue weighted by molar-refractivity contribution is -0.135. The number of ether oxygens (including phenoxy) is 1. The van der Waals surface area contributed by atoms with Crippen molar-refractivity contribution in [2.45, 2.75) is 32.2 Å². The number of carbonyl (C=O) groups excluding carboxylic acids is 2. The third-order valence-electron chi connectivity index (χ3n) is 5.59. The SMILES string of the molecule is CC(=O)c1ccc(OCC(=O)N2CCCC(N(C)CCc3ccccc3)C2)cc1. The molecule has 1 amide bonds. The minimum Gasteiger partial charge on any atom is -0.484 e. The van der Waals surface area contributed by atoms with Crippen LogP contribution < -0.4 is 4.74 Å². The van der Waals surface area contributed by atoms with Gasteiger partial charge in [0.15, 0.2) is 12.4 Å². The van der Waals surface area contributed by atoms with Crippen molar-refractivity contribution >= 4 is 11.7 Å². The maximum Gasteiger partial charge on any atom is 0.260 e. The van der Waals surface area contributed by atoms with Crippen LogP contribution in [0.5, 0.6) is 5.75 Å². The van der Waals surface area contributed by atoms with Crippen molar-refractivity contribution in [3.8, 4) is 5.75 Å². The first-order chi connectivity index (χ1) is 14.0. The van der Waals surface area contributed by atoms with Crippen molar-refractivity contribution in [1.29, 1.82) is 0 Å². The molecular formula is C24H30N2O3. The predicted molar refractivity (Wildman–Crippen MR) is 114 cm³/mol. The molecule has 154 valence electrons. The maximum absolute atomic E-state index is 12.6. The molecule has 1 saturated heterocycles. The molecule has 1 fully saturated rings. The highest BCUT2D eigenvalue weighted by Gasteiger charge is 2.26. The van der Waals surface area contributed by atoms with E-state index in [1.54, 1.807) is 24.3 Å². The van der Waals surface area contributed by atoms with Gasteiger partial charge in [0.25, 0.3) is 5.91 Å². The van der Waals surface area contributed by atoms with E-state index < -0.39 is 0 Å². The Morgan fingerprint density at radius 2 is 1.83 bits per heavy atom. The number of hydrogen-bond acceptors (Lipinski definition) is 4. The highest BCUT2D eigenvalue weighted by atomic mass is 16.5. The van der Waals surface area contributed by atoms with Gasteiger partial charge < -0.3 is 14.5 Å². The average Bonchev–Trinajstić information content (AvgIpc) is 2.77. The molecule has 29 heavy (non-hydrogen) atoms. The molecule has 2 aromatic carbocycles. The molecule has 0 saturated carbocycles. The van der Waals surface area contributed by atoms with Crippen molar-refractivity contribution in [2.75, 3.05) is 33.3 Å². The van der Waals surface area contributed by atoms with E-state index in [1.807, 2.05) is 11.0 Å². The monoisotopic (exact) mass is 394 g/mol. The summed E-state index contributed by atoms with van der Waals surface area (Å²) in [6, 6.07) is 17.8. The lowest BCUT2D eigenvalue weighted by Crippen LogP contribution is -2.50. The number of likely N-dealkylation sites (tertiary alicyclic amines) is 1. The Morgan fingerprint density at radius 1 is 1.10 bits per heavy atom. The van der Waals surface area contributed by atoms with Gasteiger partial charge in [-0.1, -0.05) is 30.3 Å². The fraction of sp³-hybridized carbons (Fsp3) is 0.417. The van der Waals surface area contributed by atoms with Gasteiger partial charge in [0.2, 0.25) is 0 Å². The van der Waals surface area contributed by atoms with E-state index in [0.29, 0.717) is 17.4 Å². The molecule has 0 radical (unpaired) electrons. The van der Waals surface area contributed by atoms with Gasteiger partial charge in [0.1, 0.15) is 5.75 Å². The zero-order chi connectivity index (χ0) is 20.6. The predicted octanol–water partition coefficient (Wildman–Crippen LogP) is 3.43. The van der Waals surface area contributed by atoms with Gasteiger partial charge >= 0.3 is 0 Å². The van der Waals surface area contributed by atoms with Crippen molar-refractivity contribution in [3.63, 3.8) is 0 Å². The molecule has 5 heteroatoms. The first-order valence-electron chi connectivity index (χ1n) is 10.3. The molecule has 0 aromatic heterocycles. The van der Waals surface area contributed by atoms with Crippen LogP contribution in [0.15, 0.2) is 54.6 Å². The molecule has 0 aliphatic carbocycles. The Balaban J connectivity index is 1.46. The Hall–Kier alpha value is -2.66. The third kappa shape index (κ3) is 6.16. The smallest absolute Gasteiger partial charge is 0.260 e. The quantitative estimate of drug-likeness (QED) is 0.644. The second kappa shape index (κ2) is 10.2. The van der Waals surface area contributed by atoms with Gasteiger partial charge in [-0.15, -0.1) is 0 Å². The van der Waals surface area contributed by atoms with E-state index in [4.69, 9.17) is 4.74 Å². The summed E-state index contributed by atoms with van der Waals surface area (Å²) in [7, 11) is 2.15. The normalized spacial score (nSPS) is 16.7. The summed E-state index contributed by atoms with van der Waals surface area (Å²) in [4.78, 5) is 28.2. The first kappa shape index (κ1) is 21.1. The largest absolute Gasteiger partial charge is 0.484 e. The molecular weight excluding hydrogens is 364 g/mol. The van der Waals surface area contributed by atoms with Crippen LogP contribution in [0, 0.1) is 0 Å². The number of amides is 1. The van der Waals surface area contributed by atoms with E-state index in [0.717, 1.165) is 38.9 Å². The number of piperidine rings is 1. The molecule has 1 aliphatic heterocycles. The minimum atomic E-state index is 0.0156. The van der Waals surface area contributed by atoms with E-state index in [2.05, 4.69) is 36.2 Å². The topological polar surface area (TPSA) is 49.9 Å². The number of hydrogen-bond donors (Lipinski definition) is 0. The number of ketones is 1. The third-order valence-corrected chi connectivity index (χ3v) is 5.59. The zero-order valence-corrected chi connectivity index (χ0v) is 17.3. The van der Waals surface area contributed by atoms with E-state index >= 15 is 0 Å². The summed E-state index contributed by atoms with van der Waals surface area (Å²) >= 11 is 0. The number of carbonyl (C=O) groups is 2. The first-order valence-corrected chi connectivity index (χ1v) is 10.3. The van der Waals surface area contributed by atoms with Crippen LogP contribution in [0.2, 0.25) is 0 Å². The fourth-order valence-electron chi connectivity index (χ4n) is 3.70. The summed E-state index contributed by atoms with van der Waals surface area (Å²) in [6.07, 6.45) is 3.14. The van der Waals surface area contributed by atoms with Gasteiger partial charge in [-0.3, -0.25) is 9.59 Å². The van der Waals surface area contributed by atoms with Crippen LogP contribution in [-0.4, -0.2) is 60.8 Å². The van der Waals surface area contributed by atoms with Gasteiger partial charge in [-0.2, -0.15) is 0 Å². The van der Waals surface area contributed by atoms with Gasteiger partial charge in [0.05, 0.1) is 0 Å².